The van der Waals surface area contributed by atoms with Gasteiger partial charge >= 0.3 is 0 Å². The number of benzene rings is 5. The molecule has 0 bridgehead atoms. The average Bonchev–Trinajstić information content (AvgIpc) is 3.04. The van der Waals surface area contributed by atoms with Crippen molar-refractivity contribution in [1.82, 2.24) is 9.97 Å². The summed E-state index contributed by atoms with van der Waals surface area (Å²) in [5.74, 6) is 0. The van der Waals surface area contributed by atoms with Crippen molar-refractivity contribution >= 4 is 32.3 Å². The maximum Gasteiger partial charge on any atom is 0.0623 e. The second kappa shape index (κ2) is 13.1. The van der Waals surface area contributed by atoms with Gasteiger partial charge in [-0.25, -0.2) is 0 Å². The molecule has 0 amide bonds. The van der Waals surface area contributed by atoms with Crippen molar-refractivity contribution in [2.75, 3.05) is 0 Å². The molecule has 7 rings (SSSR count). The first-order valence-corrected chi connectivity index (χ1v) is 15.0. The van der Waals surface area contributed by atoms with Crippen molar-refractivity contribution in [3.8, 4) is 22.5 Å². The zero-order valence-corrected chi connectivity index (χ0v) is 28.9. The Morgan fingerprint density at radius 3 is 1.71 bits per heavy atom. The van der Waals surface area contributed by atoms with Gasteiger partial charge in [0.1, 0.15) is 0 Å². The molecule has 0 N–H and O–H groups in total. The summed E-state index contributed by atoms with van der Waals surface area (Å²) in [7, 11) is 0. The van der Waals surface area contributed by atoms with Crippen molar-refractivity contribution < 1.29 is 24.2 Å². The smallest absolute Gasteiger partial charge is 0.0623 e. The predicted molar refractivity (Wildman–Crippen MR) is 187 cm³/mol. The molecular weight excluding hydrogens is 725 g/mol. The van der Waals surface area contributed by atoms with Crippen LogP contribution in [0.2, 0.25) is 0 Å². The third-order valence-electron chi connectivity index (χ3n) is 8.01. The fraction of sp³-hybridized carbons (Fsp3) is 0.190. The molecule has 7 aromatic rings. The van der Waals surface area contributed by atoms with E-state index in [1.165, 1.54) is 11.1 Å². The number of fused-ring (bicyclic) bond motifs is 6. The molecule has 0 saturated carbocycles. The standard InChI is InChI=1S/C23H14N.C19H24N.Ir/c1-2-9-19-17(7-1)18-8-3-4-10-20(18)22-15-16(12-13-21(19)22)23-11-5-6-14-24-23;1-18(2,3)15-9-7-14(8-10-15)17-12-11-16(13-20-17)19(4,5)6;/h1-11,13-15H;7,9-13H,1-6H3;/q2*-1;/i1D,4D,5D;;. The summed E-state index contributed by atoms with van der Waals surface area (Å²) in [5, 5.41) is 6.15. The summed E-state index contributed by atoms with van der Waals surface area (Å²) in [6.07, 6.45) is 3.60. The quantitative estimate of drug-likeness (QED) is 0.129. The summed E-state index contributed by atoms with van der Waals surface area (Å²) in [5.41, 5.74) is 6.44. The Labute approximate surface area is 285 Å². The molecule has 0 unspecified atom stereocenters. The van der Waals surface area contributed by atoms with E-state index in [9.17, 15) is 0 Å². The van der Waals surface area contributed by atoms with E-state index in [-0.39, 0.29) is 30.9 Å². The number of nitrogens with zero attached hydrogens (tertiary/aromatic N) is 2. The summed E-state index contributed by atoms with van der Waals surface area (Å²) in [6.45, 7) is 13.3. The largest absolute Gasteiger partial charge is 0.305 e. The SMILES string of the molecule is CC(C)(C)c1c[c-]c(-c2ccc(C(C)(C)C)cn2)cc1.[2H]c1ccnc(-c2[c-]cc3c4ccc([2H])cc4c4ccc([2H])cc4c3c2)c1.[Ir]. The molecule has 1 radical (unpaired) electrons. The van der Waals surface area contributed by atoms with E-state index in [2.05, 4.69) is 94.0 Å². The Bertz CT molecular complexity index is 2180. The van der Waals surface area contributed by atoms with Crippen molar-refractivity contribution in [2.45, 2.75) is 52.4 Å². The van der Waals surface area contributed by atoms with Crippen LogP contribution in [0.5, 0.6) is 0 Å². The van der Waals surface area contributed by atoms with E-state index in [1.54, 1.807) is 30.5 Å². The number of aromatic nitrogens is 2. The monoisotopic (exact) mass is 766 g/mol. The van der Waals surface area contributed by atoms with Gasteiger partial charge in [0.15, 0.2) is 0 Å². The third kappa shape index (κ3) is 6.91. The molecule has 0 fully saturated rings. The molecule has 0 spiro atoms. The molecule has 0 saturated heterocycles. The Morgan fingerprint density at radius 1 is 0.533 bits per heavy atom. The first kappa shape index (κ1) is 28.3. The van der Waals surface area contributed by atoms with E-state index in [0.717, 1.165) is 49.1 Å². The van der Waals surface area contributed by atoms with Crippen LogP contribution in [0.25, 0.3) is 54.8 Å². The number of hydrogen-bond donors (Lipinski definition) is 0. The van der Waals surface area contributed by atoms with Gasteiger partial charge in [0.05, 0.1) is 4.11 Å². The number of pyridine rings is 2. The molecule has 227 valence electrons. The van der Waals surface area contributed by atoms with Crippen molar-refractivity contribution in [3.63, 3.8) is 0 Å². The van der Waals surface area contributed by atoms with Crippen LogP contribution in [0, 0.1) is 12.1 Å². The van der Waals surface area contributed by atoms with Gasteiger partial charge in [0, 0.05) is 32.5 Å². The minimum atomic E-state index is 0. The van der Waals surface area contributed by atoms with Crippen LogP contribution in [0.15, 0.2) is 122 Å². The van der Waals surface area contributed by atoms with Gasteiger partial charge in [-0.1, -0.05) is 130 Å². The molecule has 5 aromatic carbocycles. The molecule has 0 aliphatic carbocycles. The van der Waals surface area contributed by atoms with Crippen LogP contribution in [0.1, 0.15) is 56.8 Å². The fourth-order valence-corrected chi connectivity index (χ4v) is 5.38. The van der Waals surface area contributed by atoms with E-state index < -0.39 is 0 Å². The first-order valence-electron chi connectivity index (χ1n) is 16.5. The van der Waals surface area contributed by atoms with Crippen LogP contribution < -0.4 is 0 Å². The summed E-state index contributed by atoms with van der Waals surface area (Å²) in [4.78, 5) is 8.95. The van der Waals surface area contributed by atoms with Crippen LogP contribution in [0.3, 0.4) is 0 Å². The first-order chi connectivity index (χ1) is 22.3. The molecule has 2 aromatic heterocycles. The maximum atomic E-state index is 8.07. The Balaban J connectivity index is 0.000000193. The van der Waals surface area contributed by atoms with Crippen LogP contribution in [-0.2, 0) is 30.9 Å². The van der Waals surface area contributed by atoms with Gasteiger partial charge in [0.25, 0.3) is 0 Å². The van der Waals surface area contributed by atoms with Gasteiger partial charge in [-0.3, -0.25) is 0 Å². The molecule has 2 nitrogen and oxygen atoms in total. The average molecular weight is 766 g/mol. The molecule has 0 aliphatic heterocycles. The maximum absolute atomic E-state index is 8.07. The molecular formula is C42H38IrN2-2. The summed E-state index contributed by atoms with van der Waals surface area (Å²) < 4.78 is 23.9. The van der Waals surface area contributed by atoms with Gasteiger partial charge < -0.3 is 9.97 Å². The van der Waals surface area contributed by atoms with E-state index in [4.69, 9.17) is 4.11 Å². The molecule has 2 heterocycles. The Kier molecular flexibility index (Phi) is 8.21. The minimum Gasteiger partial charge on any atom is -0.305 e. The van der Waals surface area contributed by atoms with Crippen LogP contribution >= 0.6 is 0 Å². The van der Waals surface area contributed by atoms with Gasteiger partial charge in [0.2, 0.25) is 0 Å². The van der Waals surface area contributed by atoms with Gasteiger partial charge in [-0.05, 0) is 50.0 Å². The van der Waals surface area contributed by atoms with E-state index in [0.29, 0.717) is 23.8 Å². The number of rotatable bonds is 2. The Hall–Kier alpha value is -4.17. The second-order valence-corrected chi connectivity index (χ2v) is 13.2. The zero-order chi connectivity index (χ0) is 33.5. The predicted octanol–water partition coefficient (Wildman–Crippen LogP) is 11.1. The molecule has 0 atom stereocenters. The number of hydrogen-bond acceptors (Lipinski definition) is 2. The van der Waals surface area contributed by atoms with Crippen LogP contribution in [-0.4, -0.2) is 9.97 Å². The van der Waals surface area contributed by atoms with E-state index in [1.807, 2.05) is 42.6 Å². The third-order valence-corrected chi connectivity index (χ3v) is 8.01. The zero-order valence-electron chi connectivity index (χ0n) is 29.5. The van der Waals surface area contributed by atoms with Crippen molar-refractivity contribution in [3.05, 3.63) is 145 Å². The van der Waals surface area contributed by atoms with Crippen molar-refractivity contribution in [1.29, 1.82) is 0 Å². The molecule has 45 heavy (non-hydrogen) atoms. The van der Waals surface area contributed by atoms with Crippen molar-refractivity contribution in [2.24, 2.45) is 0 Å². The second-order valence-electron chi connectivity index (χ2n) is 13.2. The van der Waals surface area contributed by atoms with Gasteiger partial charge in [-0.15, -0.1) is 59.2 Å². The van der Waals surface area contributed by atoms with Crippen LogP contribution in [0.4, 0.5) is 0 Å². The molecule has 0 aliphatic rings. The van der Waals surface area contributed by atoms with E-state index >= 15 is 0 Å². The summed E-state index contributed by atoms with van der Waals surface area (Å²) >= 11 is 0. The topological polar surface area (TPSA) is 25.8 Å². The fourth-order valence-electron chi connectivity index (χ4n) is 5.38. The normalized spacial score (nSPS) is 12.5. The Morgan fingerprint density at radius 2 is 1.11 bits per heavy atom. The molecule has 3 heteroatoms. The van der Waals surface area contributed by atoms with Gasteiger partial charge in [-0.2, -0.15) is 0 Å². The minimum absolute atomic E-state index is 0. The summed E-state index contributed by atoms with van der Waals surface area (Å²) in [6, 6.07) is 37.2.